The van der Waals surface area contributed by atoms with Crippen LogP contribution >= 0.6 is 11.6 Å². The molecule has 1 aliphatic heterocycles. The molecule has 1 heterocycles. The van der Waals surface area contributed by atoms with Crippen molar-refractivity contribution < 1.29 is 34.7 Å². The van der Waals surface area contributed by atoms with Gasteiger partial charge in [-0.15, -0.1) is 0 Å². The number of hydrogen-bond donors (Lipinski definition) is 1. The Bertz CT molecular complexity index is 1250. The van der Waals surface area contributed by atoms with Gasteiger partial charge in [0.2, 0.25) is 16.0 Å². The summed E-state index contributed by atoms with van der Waals surface area (Å²) >= 11 is 5.88. The first kappa shape index (κ1) is 23.3. The van der Waals surface area contributed by atoms with E-state index in [-0.39, 0.29) is 30.8 Å². The number of halogens is 4. The molecule has 0 amide bonds. The zero-order chi connectivity index (χ0) is 23.3. The minimum Gasteiger partial charge on any atom is -0.490 e. The lowest BCUT2D eigenvalue weighted by atomic mass is 9.71. The molecule has 4 rings (SSSR count). The van der Waals surface area contributed by atoms with E-state index in [0.717, 1.165) is 12.1 Å². The van der Waals surface area contributed by atoms with Gasteiger partial charge in [0.15, 0.2) is 21.4 Å². The second-order valence-electron chi connectivity index (χ2n) is 7.90. The number of alkyl halides is 1. The van der Waals surface area contributed by atoms with Crippen molar-refractivity contribution in [1.29, 1.82) is 0 Å². The predicted octanol–water partition coefficient (Wildman–Crippen LogP) is 3.69. The number of sulfone groups is 1. The van der Waals surface area contributed by atoms with Crippen LogP contribution in [0.1, 0.15) is 24.8 Å². The smallest absolute Gasteiger partial charge is 0.241 e. The molecule has 12 heteroatoms. The number of fused-ring (bicyclic) bond motifs is 3. The van der Waals surface area contributed by atoms with E-state index in [1.807, 2.05) is 0 Å². The van der Waals surface area contributed by atoms with Crippen molar-refractivity contribution in [3.63, 3.8) is 0 Å². The van der Waals surface area contributed by atoms with Crippen molar-refractivity contribution in [3.8, 4) is 5.75 Å². The van der Waals surface area contributed by atoms with E-state index in [2.05, 4.69) is 4.72 Å². The van der Waals surface area contributed by atoms with Gasteiger partial charge in [-0.25, -0.2) is 34.7 Å². The Kier molecular flexibility index (Phi) is 5.98. The third-order valence-electron chi connectivity index (χ3n) is 6.10. The Morgan fingerprint density at radius 1 is 1.06 bits per heavy atom. The van der Waals surface area contributed by atoms with Crippen LogP contribution in [0.4, 0.5) is 13.2 Å². The van der Waals surface area contributed by atoms with E-state index in [4.69, 9.17) is 16.3 Å². The van der Waals surface area contributed by atoms with Crippen LogP contribution in [0.2, 0.25) is 5.02 Å². The maximum absolute atomic E-state index is 15.1. The van der Waals surface area contributed by atoms with E-state index in [1.165, 1.54) is 24.3 Å². The molecule has 1 N–H and O–H groups in total. The average Bonchev–Trinajstić information content (AvgIpc) is 2.75. The minimum atomic E-state index is -4.32. The third kappa shape index (κ3) is 3.68. The van der Waals surface area contributed by atoms with Gasteiger partial charge < -0.3 is 4.74 Å². The average molecular weight is 510 g/mol. The highest BCUT2D eigenvalue weighted by Gasteiger charge is 2.59. The summed E-state index contributed by atoms with van der Waals surface area (Å²) in [7, 11) is -8.52. The van der Waals surface area contributed by atoms with Gasteiger partial charge in [0.1, 0.15) is 10.6 Å². The van der Waals surface area contributed by atoms with Gasteiger partial charge in [-0.3, -0.25) is 0 Å². The molecular weight excluding hydrogens is 491 g/mol. The lowest BCUT2D eigenvalue weighted by molar-refractivity contribution is 0.113. The van der Waals surface area contributed by atoms with Crippen LogP contribution in [0.5, 0.6) is 5.75 Å². The molecule has 1 fully saturated rings. The molecule has 0 aromatic heterocycles. The largest absolute Gasteiger partial charge is 0.490 e. The maximum atomic E-state index is 15.1. The summed E-state index contributed by atoms with van der Waals surface area (Å²) in [5, 5.41) is 0.298. The summed E-state index contributed by atoms with van der Waals surface area (Å²) < 4.78 is 99.5. The monoisotopic (exact) mass is 509 g/mol. The number of rotatable bonds is 5. The summed E-state index contributed by atoms with van der Waals surface area (Å²) in [6.45, 7) is -0.284. The second-order valence-corrected chi connectivity index (χ2v) is 12.2. The molecule has 1 saturated carbocycles. The second kappa shape index (κ2) is 8.19. The number of nitrogens with one attached hydrogen (secondary N) is 1. The molecular formula is C20H19ClF3NO5S2. The number of hydrogen-bond acceptors (Lipinski definition) is 5. The molecule has 3 atom stereocenters. The lowest BCUT2D eigenvalue weighted by Gasteiger charge is -2.49. The minimum absolute atomic E-state index is 0.0298. The van der Waals surface area contributed by atoms with Crippen LogP contribution in [0.15, 0.2) is 41.3 Å². The molecule has 2 aliphatic rings. The topological polar surface area (TPSA) is 89.5 Å². The first-order valence-electron chi connectivity index (χ1n) is 9.69. The maximum Gasteiger partial charge on any atom is 0.241 e. The molecule has 6 nitrogen and oxygen atoms in total. The van der Waals surface area contributed by atoms with Gasteiger partial charge in [-0.1, -0.05) is 11.6 Å². The summed E-state index contributed by atoms with van der Waals surface area (Å²) in [6.07, 6.45) is -0.321. The zero-order valence-corrected chi connectivity index (χ0v) is 18.9. The van der Waals surface area contributed by atoms with Gasteiger partial charge >= 0.3 is 0 Å². The van der Waals surface area contributed by atoms with Crippen molar-refractivity contribution in [3.05, 3.63) is 58.6 Å². The number of ether oxygens (including phenoxy) is 1. The van der Waals surface area contributed by atoms with Crippen molar-refractivity contribution >= 4 is 31.5 Å². The van der Waals surface area contributed by atoms with E-state index in [9.17, 15) is 25.6 Å². The first-order valence-corrected chi connectivity index (χ1v) is 13.2. The van der Waals surface area contributed by atoms with E-state index in [1.54, 1.807) is 0 Å². The van der Waals surface area contributed by atoms with Crippen LogP contribution in [-0.2, 0) is 24.6 Å². The molecule has 0 bridgehead atoms. The Morgan fingerprint density at radius 3 is 2.38 bits per heavy atom. The van der Waals surface area contributed by atoms with E-state index in [0.29, 0.717) is 5.02 Å². The highest BCUT2D eigenvalue weighted by atomic mass is 35.5. The van der Waals surface area contributed by atoms with E-state index < -0.39 is 65.5 Å². The lowest BCUT2D eigenvalue weighted by Crippen LogP contribution is -2.55. The van der Waals surface area contributed by atoms with Crippen LogP contribution in [0, 0.1) is 17.6 Å². The van der Waals surface area contributed by atoms with E-state index >= 15 is 4.39 Å². The van der Waals surface area contributed by atoms with Crippen molar-refractivity contribution in [1.82, 2.24) is 4.72 Å². The Labute approximate surface area is 188 Å². The molecule has 174 valence electrons. The molecule has 0 saturated heterocycles. The highest BCUT2D eigenvalue weighted by molar-refractivity contribution is 7.92. The van der Waals surface area contributed by atoms with Gasteiger partial charge in [-0.05, 0) is 55.7 Å². The molecule has 0 radical (unpaired) electrons. The summed E-state index contributed by atoms with van der Waals surface area (Å²) in [5.41, 5.74) is -0.407. The highest BCUT2D eigenvalue weighted by Crippen LogP contribution is 2.56. The molecule has 2 aromatic carbocycles. The Balaban J connectivity index is 1.89. The SMILES string of the molecule is O=S(=O)(CF)N[C@@H]1CC[C@@]2(S(=O)(=O)c3ccc(Cl)cc3)c3c(F)ccc(F)c3OC[C@H]2C1. The van der Waals surface area contributed by atoms with Crippen LogP contribution < -0.4 is 9.46 Å². The van der Waals surface area contributed by atoms with Crippen molar-refractivity contribution in [2.24, 2.45) is 5.92 Å². The van der Waals surface area contributed by atoms with Gasteiger partial charge in [0.05, 0.1) is 17.1 Å². The summed E-state index contributed by atoms with van der Waals surface area (Å²) in [4.78, 5) is -0.133. The standard InChI is InChI=1S/C20H19ClF3NO5S2/c21-13-1-3-15(4-2-13)32(28,29)20-8-7-14(25-31(26,27)11-22)9-12(20)10-30-19-17(24)6-5-16(23)18(19)20/h1-6,12,14,25H,7-11H2/t12-,14-,20+/m1/s1. The predicted molar refractivity (Wildman–Crippen MR) is 111 cm³/mol. The zero-order valence-electron chi connectivity index (χ0n) is 16.5. The summed E-state index contributed by atoms with van der Waals surface area (Å²) in [5.74, 6) is -3.23. The Hall–Kier alpha value is -1.82. The quantitative estimate of drug-likeness (QED) is 0.664. The van der Waals surface area contributed by atoms with Crippen LogP contribution in [0.25, 0.3) is 0 Å². The van der Waals surface area contributed by atoms with Crippen molar-refractivity contribution in [2.75, 3.05) is 12.6 Å². The van der Waals surface area contributed by atoms with Gasteiger partial charge in [0.25, 0.3) is 0 Å². The number of benzene rings is 2. The molecule has 32 heavy (non-hydrogen) atoms. The first-order chi connectivity index (χ1) is 15.0. The number of sulfonamides is 1. The van der Waals surface area contributed by atoms with Crippen LogP contribution in [-0.4, -0.2) is 35.5 Å². The Morgan fingerprint density at radius 2 is 1.72 bits per heavy atom. The van der Waals surface area contributed by atoms with Gasteiger partial charge in [-0.2, -0.15) is 0 Å². The fourth-order valence-electron chi connectivity index (χ4n) is 4.73. The molecule has 0 unspecified atom stereocenters. The third-order valence-corrected chi connectivity index (χ3v) is 9.92. The van der Waals surface area contributed by atoms with Gasteiger partial charge in [0, 0.05) is 17.0 Å². The summed E-state index contributed by atoms with van der Waals surface area (Å²) in [6, 6.07) is 4.63. The fourth-order valence-corrected chi connectivity index (χ4v) is 8.01. The fraction of sp³-hybridized carbons (Fsp3) is 0.400. The normalized spacial score (nSPS) is 25.5. The molecule has 2 aromatic rings. The van der Waals surface area contributed by atoms with Crippen LogP contribution in [0.3, 0.4) is 0 Å². The van der Waals surface area contributed by atoms with Crippen molar-refractivity contribution in [2.45, 2.75) is 34.9 Å². The molecule has 0 spiro atoms. The molecule has 1 aliphatic carbocycles.